The van der Waals surface area contributed by atoms with Crippen LogP contribution in [0.4, 0.5) is 13.2 Å². The molecule has 0 spiro atoms. The van der Waals surface area contributed by atoms with Crippen LogP contribution in [0.5, 0.6) is 0 Å². The van der Waals surface area contributed by atoms with Crippen LogP contribution < -0.4 is 4.72 Å². The summed E-state index contributed by atoms with van der Waals surface area (Å²) in [5, 5.41) is 0. The van der Waals surface area contributed by atoms with Gasteiger partial charge in [-0.05, 0) is 31.0 Å². The number of rotatable bonds is 3. The summed E-state index contributed by atoms with van der Waals surface area (Å²) in [5.41, 5.74) is -0.982. The van der Waals surface area contributed by atoms with Crippen LogP contribution in [0, 0.1) is 0 Å². The molecule has 2 rings (SSSR count). The quantitative estimate of drug-likeness (QED) is 0.840. The van der Waals surface area contributed by atoms with Gasteiger partial charge in [0.25, 0.3) is 10.0 Å². The van der Waals surface area contributed by atoms with E-state index in [1.165, 1.54) is 0 Å². The zero-order chi connectivity index (χ0) is 12.7. The van der Waals surface area contributed by atoms with E-state index in [1.54, 1.807) is 0 Å². The van der Waals surface area contributed by atoms with E-state index in [0.29, 0.717) is 18.9 Å². The highest BCUT2D eigenvalue weighted by molar-refractivity contribution is 7.89. The normalized spacial score (nSPS) is 17.1. The molecular weight excluding hydrogens is 255 g/mol. The molecule has 1 aromatic carbocycles. The zero-order valence-electron chi connectivity index (χ0n) is 8.61. The summed E-state index contributed by atoms with van der Waals surface area (Å²) in [6, 6.07) is 3.38. The minimum atomic E-state index is -4.55. The molecule has 1 aliphatic carbocycles. The second-order valence-corrected chi connectivity index (χ2v) is 5.47. The third-order valence-corrected chi connectivity index (χ3v) is 3.72. The zero-order valence-corrected chi connectivity index (χ0v) is 9.42. The van der Waals surface area contributed by atoms with Crippen molar-refractivity contribution in [2.24, 2.45) is 0 Å². The number of benzene rings is 1. The summed E-state index contributed by atoms with van der Waals surface area (Å²) in [6.45, 7) is 0. The second-order valence-electron chi connectivity index (χ2n) is 3.84. The molecule has 93 valence electrons. The van der Waals surface area contributed by atoms with E-state index in [4.69, 9.17) is 0 Å². The van der Waals surface area contributed by atoms with Crippen molar-refractivity contribution in [3.05, 3.63) is 29.8 Å². The standard InChI is InChI=1S/C10H9F3NO2S/c11-10(12,13)7-2-1-3-9(6-7)17(15,16)14-8-4-5-8/h1-3,6,8H,4-5H2. The lowest BCUT2D eigenvalue weighted by molar-refractivity contribution is -0.137. The third-order valence-electron chi connectivity index (χ3n) is 2.29. The van der Waals surface area contributed by atoms with Gasteiger partial charge in [-0.1, -0.05) is 6.07 Å². The Morgan fingerprint density at radius 3 is 2.41 bits per heavy atom. The first-order valence-electron chi connectivity index (χ1n) is 4.93. The van der Waals surface area contributed by atoms with Crippen molar-refractivity contribution in [3.8, 4) is 0 Å². The molecule has 17 heavy (non-hydrogen) atoms. The molecule has 1 aliphatic rings. The van der Waals surface area contributed by atoms with Gasteiger partial charge in [0.2, 0.25) is 0 Å². The third kappa shape index (κ3) is 2.98. The number of hydrogen-bond donors (Lipinski definition) is 0. The van der Waals surface area contributed by atoms with Gasteiger partial charge in [0.15, 0.2) is 0 Å². The topological polar surface area (TPSA) is 48.2 Å². The Morgan fingerprint density at radius 2 is 1.88 bits per heavy atom. The number of hydrogen-bond acceptors (Lipinski definition) is 2. The van der Waals surface area contributed by atoms with Crippen molar-refractivity contribution < 1.29 is 21.6 Å². The molecule has 0 bridgehead atoms. The van der Waals surface area contributed by atoms with Gasteiger partial charge in [-0.15, -0.1) is 4.72 Å². The van der Waals surface area contributed by atoms with Gasteiger partial charge in [-0.3, -0.25) is 0 Å². The smallest absolute Gasteiger partial charge is 0.206 e. The minimum Gasteiger partial charge on any atom is -0.206 e. The van der Waals surface area contributed by atoms with Crippen molar-refractivity contribution in [2.45, 2.75) is 30.0 Å². The average molecular weight is 264 g/mol. The van der Waals surface area contributed by atoms with Crippen LogP contribution in [0.1, 0.15) is 18.4 Å². The van der Waals surface area contributed by atoms with E-state index in [9.17, 15) is 21.6 Å². The van der Waals surface area contributed by atoms with Crippen molar-refractivity contribution in [1.29, 1.82) is 0 Å². The maximum atomic E-state index is 12.4. The fraction of sp³-hybridized carbons (Fsp3) is 0.400. The summed E-state index contributed by atoms with van der Waals surface area (Å²) in [6.07, 6.45) is -3.19. The van der Waals surface area contributed by atoms with Crippen LogP contribution in [-0.4, -0.2) is 14.5 Å². The fourth-order valence-corrected chi connectivity index (χ4v) is 2.52. The molecule has 0 atom stereocenters. The SMILES string of the molecule is O=S(=O)([N]C1CC1)c1cccc(C(F)(F)F)c1. The van der Waals surface area contributed by atoms with E-state index in [2.05, 4.69) is 4.72 Å². The highest BCUT2D eigenvalue weighted by Gasteiger charge is 2.34. The first kappa shape index (κ1) is 12.4. The summed E-state index contributed by atoms with van der Waals surface area (Å²) < 4.78 is 64.0. The number of alkyl halides is 3. The number of halogens is 3. The highest BCUT2D eigenvalue weighted by Crippen LogP contribution is 2.31. The van der Waals surface area contributed by atoms with Crippen molar-refractivity contribution in [2.75, 3.05) is 0 Å². The summed E-state index contributed by atoms with van der Waals surface area (Å²) >= 11 is 0. The lowest BCUT2D eigenvalue weighted by Gasteiger charge is -2.08. The van der Waals surface area contributed by atoms with Crippen molar-refractivity contribution in [3.63, 3.8) is 0 Å². The predicted octanol–water partition coefficient (Wildman–Crippen LogP) is 2.16. The molecule has 0 aromatic heterocycles. The Kier molecular flexibility index (Phi) is 2.90. The molecular formula is C10H9F3NO2S. The summed E-state index contributed by atoms with van der Waals surface area (Å²) in [4.78, 5) is -0.403. The van der Waals surface area contributed by atoms with Crippen LogP contribution in [0.15, 0.2) is 29.2 Å². The van der Waals surface area contributed by atoms with Crippen LogP contribution in [0.2, 0.25) is 0 Å². The molecule has 0 N–H and O–H groups in total. The molecule has 1 aromatic rings. The molecule has 1 saturated carbocycles. The van der Waals surface area contributed by atoms with E-state index in [1.807, 2.05) is 0 Å². The lowest BCUT2D eigenvalue weighted by Crippen LogP contribution is -2.19. The van der Waals surface area contributed by atoms with Crippen LogP contribution in [-0.2, 0) is 16.2 Å². The predicted molar refractivity (Wildman–Crippen MR) is 53.8 cm³/mol. The Hall–Kier alpha value is -1.08. The lowest BCUT2D eigenvalue weighted by atomic mass is 10.2. The maximum Gasteiger partial charge on any atom is 0.416 e. The molecule has 1 radical (unpaired) electrons. The first-order valence-corrected chi connectivity index (χ1v) is 6.37. The molecule has 0 unspecified atom stereocenters. The van der Waals surface area contributed by atoms with Crippen LogP contribution in [0.25, 0.3) is 0 Å². The summed E-state index contributed by atoms with van der Waals surface area (Å²) in [5.74, 6) is 0. The van der Waals surface area contributed by atoms with Gasteiger partial charge in [0.05, 0.1) is 10.5 Å². The van der Waals surface area contributed by atoms with E-state index < -0.39 is 26.7 Å². The Bertz CT molecular complexity index is 521. The largest absolute Gasteiger partial charge is 0.416 e. The molecule has 3 nitrogen and oxygen atoms in total. The first-order chi connectivity index (χ1) is 7.79. The van der Waals surface area contributed by atoms with Gasteiger partial charge in [0.1, 0.15) is 0 Å². The monoisotopic (exact) mass is 264 g/mol. The van der Waals surface area contributed by atoms with E-state index >= 15 is 0 Å². The van der Waals surface area contributed by atoms with Crippen LogP contribution in [0.3, 0.4) is 0 Å². The number of nitrogens with zero attached hydrogens (tertiary/aromatic N) is 1. The van der Waals surface area contributed by atoms with Crippen molar-refractivity contribution in [1.82, 2.24) is 4.72 Å². The van der Waals surface area contributed by atoms with E-state index in [0.717, 1.165) is 18.2 Å². The van der Waals surface area contributed by atoms with Gasteiger partial charge in [0, 0.05) is 6.04 Å². The summed E-state index contributed by atoms with van der Waals surface area (Å²) in [7, 11) is -3.95. The molecule has 0 aliphatic heterocycles. The van der Waals surface area contributed by atoms with Crippen LogP contribution >= 0.6 is 0 Å². The Morgan fingerprint density at radius 1 is 1.24 bits per heavy atom. The molecule has 0 saturated heterocycles. The van der Waals surface area contributed by atoms with Gasteiger partial charge in [-0.2, -0.15) is 13.2 Å². The Balaban J connectivity index is 2.32. The highest BCUT2D eigenvalue weighted by atomic mass is 32.2. The molecule has 1 fully saturated rings. The molecule has 0 heterocycles. The van der Waals surface area contributed by atoms with Crippen molar-refractivity contribution >= 4 is 10.0 Å². The fourth-order valence-electron chi connectivity index (χ4n) is 1.27. The van der Waals surface area contributed by atoms with Gasteiger partial charge in [-0.25, -0.2) is 8.42 Å². The number of sulfonamides is 1. The molecule has 0 amide bonds. The Labute approximate surface area is 96.7 Å². The maximum absolute atomic E-state index is 12.4. The van der Waals surface area contributed by atoms with Gasteiger partial charge < -0.3 is 0 Å². The van der Waals surface area contributed by atoms with Gasteiger partial charge >= 0.3 is 6.18 Å². The minimum absolute atomic E-state index is 0.255. The molecule has 7 heteroatoms. The van der Waals surface area contributed by atoms with E-state index in [-0.39, 0.29) is 6.04 Å². The average Bonchev–Trinajstić information content (AvgIpc) is 3.00. The second kappa shape index (κ2) is 3.99.